The molecule has 4 amide bonds. The van der Waals surface area contributed by atoms with Crippen LogP contribution >= 0.6 is 0 Å². The molecule has 0 saturated carbocycles. The Labute approximate surface area is 211 Å². The molecule has 1 unspecified atom stereocenters. The number of amides is 4. The Bertz CT molecular complexity index is 922. The van der Waals surface area contributed by atoms with E-state index in [0.29, 0.717) is 63.0 Å². The number of nitrogens with one attached hydrogen (secondary N) is 3. The molecule has 11 heteroatoms. The second kappa shape index (κ2) is 15.4. The minimum absolute atomic E-state index is 0.229. The molecule has 0 aliphatic carbocycles. The SMILES string of the molecule is CCCCNC(=O)NCCCC(NC(=O)c1ccc(C#N)cc1)C(=O)N1CCC(OCC(=O)O)CC1. The van der Waals surface area contributed by atoms with Crippen LogP contribution in [-0.4, -0.2) is 78.8 Å². The Morgan fingerprint density at radius 3 is 2.33 bits per heavy atom. The second-order valence-electron chi connectivity index (χ2n) is 8.62. The second-order valence-corrected chi connectivity index (χ2v) is 8.62. The molecule has 2 rings (SSSR count). The third-order valence-electron chi connectivity index (χ3n) is 5.85. The molecule has 1 aromatic rings. The van der Waals surface area contributed by atoms with E-state index in [1.807, 2.05) is 13.0 Å². The number of benzene rings is 1. The number of rotatable bonds is 13. The number of carbonyl (C=O) groups is 4. The monoisotopic (exact) mass is 501 g/mol. The van der Waals surface area contributed by atoms with Crippen LogP contribution in [0.4, 0.5) is 4.79 Å². The van der Waals surface area contributed by atoms with E-state index < -0.39 is 17.9 Å². The number of hydrogen-bond acceptors (Lipinski definition) is 6. The molecule has 196 valence electrons. The third-order valence-corrected chi connectivity index (χ3v) is 5.85. The number of unbranched alkanes of at least 4 members (excludes halogenated alkanes) is 1. The van der Waals surface area contributed by atoms with Gasteiger partial charge in [0.1, 0.15) is 12.6 Å². The highest BCUT2D eigenvalue weighted by molar-refractivity contribution is 5.97. The van der Waals surface area contributed by atoms with Gasteiger partial charge in [0.15, 0.2) is 0 Å². The molecule has 0 bridgehead atoms. The van der Waals surface area contributed by atoms with Gasteiger partial charge in [0.2, 0.25) is 5.91 Å². The molecule has 1 aromatic carbocycles. The summed E-state index contributed by atoms with van der Waals surface area (Å²) in [5, 5.41) is 26.1. The number of carboxylic acids is 1. The summed E-state index contributed by atoms with van der Waals surface area (Å²) in [5.74, 6) is -1.70. The summed E-state index contributed by atoms with van der Waals surface area (Å²) in [4.78, 5) is 50.3. The predicted octanol–water partition coefficient (Wildman–Crippen LogP) is 1.63. The molecular weight excluding hydrogens is 466 g/mol. The molecule has 1 fully saturated rings. The van der Waals surface area contributed by atoms with Gasteiger partial charge >= 0.3 is 12.0 Å². The maximum Gasteiger partial charge on any atom is 0.329 e. The predicted molar refractivity (Wildman–Crippen MR) is 131 cm³/mol. The van der Waals surface area contributed by atoms with Crippen molar-refractivity contribution in [1.82, 2.24) is 20.9 Å². The lowest BCUT2D eigenvalue weighted by Gasteiger charge is -2.34. The third kappa shape index (κ3) is 9.92. The molecule has 36 heavy (non-hydrogen) atoms. The summed E-state index contributed by atoms with van der Waals surface area (Å²) in [6, 6.07) is 7.07. The number of nitrogens with zero attached hydrogens (tertiary/aromatic N) is 2. The molecule has 1 aliphatic heterocycles. The molecule has 1 atom stereocenters. The van der Waals surface area contributed by atoms with Crippen molar-refractivity contribution in [2.75, 3.05) is 32.8 Å². The van der Waals surface area contributed by atoms with E-state index in [1.165, 1.54) is 24.3 Å². The number of hydrogen-bond donors (Lipinski definition) is 4. The Hall–Kier alpha value is -3.65. The summed E-state index contributed by atoms with van der Waals surface area (Å²) >= 11 is 0. The molecule has 0 radical (unpaired) electrons. The fraction of sp³-hybridized carbons (Fsp3) is 0.560. The Morgan fingerprint density at radius 1 is 1.11 bits per heavy atom. The van der Waals surface area contributed by atoms with Gasteiger partial charge in [0, 0.05) is 31.7 Å². The maximum atomic E-state index is 13.3. The number of likely N-dealkylation sites (tertiary alicyclic amines) is 1. The summed E-state index contributed by atoms with van der Waals surface area (Å²) in [6.07, 6.45) is 3.46. The summed E-state index contributed by atoms with van der Waals surface area (Å²) in [5.41, 5.74) is 0.761. The normalized spacial score (nSPS) is 14.4. The molecule has 0 spiro atoms. The van der Waals surface area contributed by atoms with Crippen molar-refractivity contribution in [2.45, 2.75) is 57.6 Å². The first-order valence-corrected chi connectivity index (χ1v) is 12.3. The molecule has 4 N–H and O–H groups in total. The highest BCUT2D eigenvalue weighted by Gasteiger charge is 2.30. The highest BCUT2D eigenvalue weighted by Crippen LogP contribution is 2.16. The van der Waals surface area contributed by atoms with E-state index in [2.05, 4.69) is 16.0 Å². The number of carboxylic acid groups (broad SMARTS) is 1. The number of ether oxygens (including phenoxy) is 1. The first-order chi connectivity index (χ1) is 17.3. The molecule has 1 aliphatic rings. The Morgan fingerprint density at radius 2 is 1.75 bits per heavy atom. The largest absolute Gasteiger partial charge is 0.480 e. The van der Waals surface area contributed by atoms with Crippen LogP contribution in [0.2, 0.25) is 0 Å². The Kier molecular flexibility index (Phi) is 12.2. The number of piperidine rings is 1. The molecule has 11 nitrogen and oxygen atoms in total. The van der Waals surface area contributed by atoms with Crippen molar-refractivity contribution in [1.29, 1.82) is 5.26 Å². The zero-order valence-electron chi connectivity index (χ0n) is 20.6. The fourth-order valence-corrected chi connectivity index (χ4v) is 3.80. The van der Waals surface area contributed by atoms with Crippen molar-refractivity contribution in [3.63, 3.8) is 0 Å². The van der Waals surface area contributed by atoms with E-state index in [1.54, 1.807) is 4.90 Å². The van der Waals surface area contributed by atoms with Gasteiger partial charge in [-0.3, -0.25) is 9.59 Å². The van der Waals surface area contributed by atoms with Crippen LogP contribution in [0.3, 0.4) is 0 Å². The smallest absolute Gasteiger partial charge is 0.329 e. The van der Waals surface area contributed by atoms with Gasteiger partial charge in [-0.1, -0.05) is 13.3 Å². The maximum absolute atomic E-state index is 13.3. The molecule has 0 aromatic heterocycles. The van der Waals surface area contributed by atoms with Gasteiger partial charge in [-0.25, -0.2) is 9.59 Å². The summed E-state index contributed by atoms with van der Waals surface area (Å²) < 4.78 is 5.33. The topological polar surface area (TPSA) is 161 Å². The highest BCUT2D eigenvalue weighted by atomic mass is 16.5. The van der Waals surface area contributed by atoms with Crippen molar-refractivity contribution < 1.29 is 29.0 Å². The lowest BCUT2D eigenvalue weighted by atomic mass is 10.0. The van der Waals surface area contributed by atoms with Gasteiger partial charge < -0.3 is 30.7 Å². The van der Waals surface area contributed by atoms with E-state index in [9.17, 15) is 19.2 Å². The van der Waals surface area contributed by atoms with Crippen molar-refractivity contribution >= 4 is 23.8 Å². The Balaban J connectivity index is 1.95. The number of urea groups is 1. The lowest BCUT2D eigenvalue weighted by Crippen LogP contribution is -2.51. The van der Waals surface area contributed by atoms with Crippen LogP contribution in [0.1, 0.15) is 61.4 Å². The van der Waals surface area contributed by atoms with Crippen LogP contribution in [0.5, 0.6) is 0 Å². The fourth-order valence-electron chi connectivity index (χ4n) is 3.80. The van der Waals surface area contributed by atoms with Gasteiger partial charge in [0.25, 0.3) is 5.91 Å². The van der Waals surface area contributed by atoms with Gasteiger partial charge in [0.05, 0.1) is 17.7 Å². The molecule has 1 saturated heterocycles. The van der Waals surface area contributed by atoms with Crippen molar-refractivity contribution in [3.8, 4) is 6.07 Å². The zero-order chi connectivity index (χ0) is 26.3. The summed E-state index contributed by atoms with van der Waals surface area (Å²) in [6.45, 7) is 3.39. The molecule has 1 heterocycles. The minimum atomic E-state index is -1.04. The van der Waals surface area contributed by atoms with Crippen molar-refractivity contribution in [2.24, 2.45) is 0 Å². The van der Waals surface area contributed by atoms with E-state index >= 15 is 0 Å². The number of carbonyl (C=O) groups excluding carboxylic acids is 3. The first kappa shape index (κ1) is 28.6. The first-order valence-electron chi connectivity index (χ1n) is 12.3. The van der Waals surface area contributed by atoms with E-state index in [-0.39, 0.29) is 24.6 Å². The van der Waals surface area contributed by atoms with Gasteiger partial charge in [-0.05, 0) is 56.4 Å². The van der Waals surface area contributed by atoms with E-state index in [4.69, 9.17) is 15.1 Å². The van der Waals surface area contributed by atoms with E-state index in [0.717, 1.165) is 12.8 Å². The minimum Gasteiger partial charge on any atom is -0.480 e. The van der Waals surface area contributed by atoms with Crippen LogP contribution < -0.4 is 16.0 Å². The number of nitriles is 1. The van der Waals surface area contributed by atoms with Gasteiger partial charge in [-0.15, -0.1) is 0 Å². The lowest BCUT2D eigenvalue weighted by molar-refractivity contribution is -0.147. The van der Waals surface area contributed by atoms with Gasteiger partial charge in [-0.2, -0.15) is 5.26 Å². The standard InChI is InChI=1S/C25H35N5O6/c1-2-3-12-27-25(35)28-13-4-5-21(29-23(33)19-8-6-18(16-26)7-9-19)24(34)30-14-10-20(11-15-30)36-17-22(31)32/h6-9,20-21H,2-5,10-15,17H2,1H3,(H,29,33)(H,31,32)(H2,27,28,35). The summed E-state index contributed by atoms with van der Waals surface area (Å²) in [7, 11) is 0. The molecular formula is C25H35N5O6. The number of aliphatic carboxylic acids is 1. The average Bonchev–Trinajstić information content (AvgIpc) is 2.89. The quantitative estimate of drug-likeness (QED) is 0.299. The van der Waals surface area contributed by atoms with Crippen LogP contribution in [0.15, 0.2) is 24.3 Å². The zero-order valence-corrected chi connectivity index (χ0v) is 20.6. The van der Waals surface area contributed by atoms with Crippen LogP contribution in [-0.2, 0) is 14.3 Å². The van der Waals surface area contributed by atoms with Crippen LogP contribution in [0.25, 0.3) is 0 Å². The van der Waals surface area contributed by atoms with Crippen molar-refractivity contribution in [3.05, 3.63) is 35.4 Å². The average molecular weight is 502 g/mol. The van der Waals surface area contributed by atoms with Crippen LogP contribution in [0, 0.1) is 11.3 Å².